The fourth-order valence-corrected chi connectivity index (χ4v) is 3.88. The highest BCUT2D eigenvalue weighted by atomic mass is 32.1. The molecular weight excluding hydrogens is 413 g/mol. The van der Waals surface area contributed by atoms with Crippen LogP contribution in [-0.4, -0.2) is 34.7 Å². The Balaban J connectivity index is 1.92. The molecule has 7 nitrogen and oxygen atoms in total. The Morgan fingerprint density at radius 3 is 2.50 bits per heavy atom. The molecule has 0 saturated carbocycles. The van der Waals surface area contributed by atoms with Gasteiger partial charge in [-0.2, -0.15) is 0 Å². The second-order valence-electron chi connectivity index (χ2n) is 6.25. The molecule has 0 fully saturated rings. The molecule has 1 aromatic heterocycles. The largest absolute Gasteiger partial charge is 0.480 e. The van der Waals surface area contributed by atoms with E-state index in [-0.39, 0.29) is 16.2 Å². The molecule has 1 amide bonds. The number of hydrogen-bond donors (Lipinski definition) is 3. The molecule has 3 aromatic rings. The van der Waals surface area contributed by atoms with Crippen molar-refractivity contribution in [1.29, 1.82) is 0 Å². The van der Waals surface area contributed by atoms with E-state index in [4.69, 9.17) is 9.84 Å². The van der Waals surface area contributed by atoms with Crippen molar-refractivity contribution in [3.63, 3.8) is 0 Å². The zero-order valence-corrected chi connectivity index (χ0v) is 16.5. The minimum atomic E-state index is -1.23. The van der Waals surface area contributed by atoms with Gasteiger partial charge in [-0.3, -0.25) is 4.79 Å². The highest BCUT2D eigenvalue weighted by Gasteiger charge is 2.23. The van der Waals surface area contributed by atoms with Crippen molar-refractivity contribution in [2.75, 3.05) is 11.9 Å². The Bertz CT molecular complexity index is 1140. The second kappa shape index (κ2) is 8.75. The van der Waals surface area contributed by atoms with Gasteiger partial charge >= 0.3 is 11.9 Å². The summed E-state index contributed by atoms with van der Waals surface area (Å²) in [6.45, 7) is 0.967. The standard InChI is InChI=1S/C21H16FNO6S/c1-11-17(29-10-16(24)25)19(21(27)28)30-18(11)12-4-3-7-15(9-12)23-20(26)13-5-2-6-14(22)8-13/h2-9H,10H2,1H3,(H,23,26)(H,24,25)(H,27,28). The molecule has 2 aromatic carbocycles. The van der Waals surface area contributed by atoms with E-state index in [2.05, 4.69) is 5.32 Å². The average molecular weight is 429 g/mol. The number of amides is 1. The normalized spacial score (nSPS) is 10.5. The number of aromatic carboxylic acids is 1. The molecule has 0 aliphatic rings. The van der Waals surface area contributed by atoms with Gasteiger partial charge in [0.05, 0.1) is 0 Å². The maximum Gasteiger partial charge on any atom is 0.349 e. The molecule has 3 rings (SSSR count). The summed E-state index contributed by atoms with van der Waals surface area (Å²) in [4.78, 5) is 35.2. The lowest BCUT2D eigenvalue weighted by Gasteiger charge is -2.08. The first-order valence-corrected chi connectivity index (χ1v) is 9.46. The van der Waals surface area contributed by atoms with Crippen LogP contribution < -0.4 is 10.1 Å². The Labute approximate surface area is 174 Å². The highest BCUT2D eigenvalue weighted by Crippen LogP contribution is 2.42. The van der Waals surface area contributed by atoms with E-state index < -0.39 is 30.3 Å². The zero-order chi connectivity index (χ0) is 21.8. The molecule has 0 atom stereocenters. The lowest BCUT2D eigenvalue weighted by atomic mass is 10.1. The summed E-state index contributed by atoms with van der Waals surface area (Å²) in [5.41, 5.74) is 1.68. The van der Waals surface area contributed by atoms with Crippen LogP contribution in [0.5, 0.6) is 5.75 Å². The van der Waals surface area contributed by atoms with Crippen molar-refractivity contribution in [2.24, 2.45) is 0 Å². The summed E-state index contributed by atoms with van der Waals surface area (Å²) in [5.74, 6) is -3.48. The number of anilines is 1. The molecule has 0 aliphatic heterocycles. The number of ether oxygens (including phenoxy) is 1. The predicted molar refractivity (Wildman–Crippen MR) is 109 cm³/mol. The van der Waals surface area contributed by atoms with Crippen LogP contribution in [0.2, 0.25) is 0 Å². The fraction of sp³-hybridized carbons (Fsp3) is 0.0952. The maximum atomic E-state index is 13.3. The van der Waals surface area contributed by atoms with E-state index in [1.165, 1.54) is 18.2 Å². The van der Waals surface area contributed by atoms with Crippen molar-refractivity contribution in [1.82, 2.24) is 0 Å². The smallest absolute Gasteiger partial charge is 0.349 e. The monoisotopic (exact) mass is 429 g/mol. The molecular formula is C21H16FNO6S. The van der Waals surface area contributed by atoms with Gasteiger partial charge in [0.15, 0.2) is 11.5 Å². The van der Waals surface area contributed by atoms with Crippen LogP contribution in [0.25, 0.3) is 10.4 Å². The number of carboxylic acids is 2. The summed E-state index contributed by atoms with van der Waals surface area (Å²) in [7, 11) is 0. The summed E-state index contributed by atoms with van der Waals surface area (Å²) in [5, 5.41) is 20.9. The third-order valence-corrected chi connectivity index (χ3v) is 5.41. The number of hydrogen-bond acceptors (Lipinski definition) is 5. The lowest BCUT2D eigenvalue weighted by molar-refractivity contribution is -0.139. The van der Waals surface area contributed by atoms with Gasteiger partial charge in [0.1, 0.15) is 11.6 Å². The predicted octanol–water partition coefficient (Wildman–Crippen LogP) is 4.28. The molecule has 9 heteroatoms. The summed E-state index contributed by atoms with van der Waals surface area (Å²) in [6, 6.07) is 12.0. The first kappa shape index (κ1) is 21.0. The molecule has 0 radical (unpaired) electrons. The van der Waals surface area contributed by atoms with Gasteiger partial charge in [0.2, 0.25) is 0 Å². The van der Waals surface area contributed by atoms with Gasteiger partial charge in [-0.15, -0.1) is 11.3 Å². The van der Waals surface area contributed by atoms with Crippen molar-refractivity contribution < 1.29 is 33.7 Å². The van der Waals surface area contributed by atoms with E-state index in [1.54, 1.807) is 31.2 Å². The molecule has 0 aliphatic carbocycles. The molecule has 1 heterocycles. The van der Waals surface area contributed by atoms with Crippen LogP contribution in [-0.2, 0) is 4.79 Å². The summed E-state index contributed by atoms with van der Waals surface area (Å²) < 4.78 is 18.5. The van der Waals surface area contributed by atoms with Crippen LogP contribution in [0.15, 0.2) is 48.5 Å². The minimum Gasteiger partial charge on any atom is -0.480 e. The van der Waals surface area contributed by atoms with E-state index in [9.17, 15) is 23.9 Å². The first-order valence-electron chi connectivity index (χ1n) is 8.65. The number of thiophene rings is 1. The van der Waals surface area contributed by atoms with Crippen molar-refractivity contribution >= 4 is 34.9 Å². The van der Waals surface area contributed by atoms with Gasteiger partial charge in [-0.1, -0.05) is 18.2 Å². The first-order chi connectivity index (χ1) is 14.3. The Morgan fingerprint density at radius 1 is 1.10 bits per heavy atom. The Kier molecular flexibility index (Phi) is 6.12. The number of nitrogens with one attached hydrogen (secondary N) is 1. The molecule has 3 N–H and O–H groups in total. The quantitative estimate of drug-likeness (QED) is 0.517. The molecule has 0 bridgehead atoms. The van der Waals surface area contributed by atoms with Crippen LogP contribution in [0, 0.1) is 12.7 Å². The van der Waals surface area contributed by atoms with Gasteiger partial charge in [0.25, 0.3) is 5.91 Å². The number of halogens is 1. The van der Waals surface area contributed by atoms with Gasteiger partial charge in [0, 0.05) is 21.7 Å². The highest BCUT2D eigenvalue weighted by molar-refractivity contribution is 7.18. The Morgan fingerprint density at radius 2 is 1.83 bits per heavy atom. The molecule has 30 heavy (non-hydrogen) atoms. The number of carbonyl (C=O) groups excluding carboxylic acids is 1. The Hall–Kier alpha value is -3.72. The SMILES string of the molecule is Cc1c(-c2cccc(NC(=O)c3cccc(F)c3)c2)sc(C(=O)O)c1OCC(=O)O. The van der Waals surface area contributed by atoms with Crippen LogP contribution >= 0.6 is 11.3 Å². The van der Waals surface area contributed by atoms with E-state index in [1.807, 2.05) is 0 Å². The maximum absolute atomic E-state index is 13.3. The number of aliphatic carboxylic acids is 1. The van der Waals surface area contributed by atoms with E-state index >= 15 is 0 Å². The topological polar surface area (TPSA) is 113 Å². The lowest BCUT2D eigenvalue weighted by Crippen LogP contribution is -2.12. The number of benzene rings is 2. The van der Waals surface area contributed by atoms with Crippen LogP contribution in [0.1, 0.15) is 25.6 Å². The average Bonchev–Trinajstić information content (AvgIpc) is 3.03. The number of rotatable bonds is 7. The fourth-order valence-electron chi connectivity index (χ4n) is 2.79. The van der Waals surface area contributed by atoms with Crippen molar-refractivity contribution in [2.45, 2.75) is 6.92 Å². The van der Waals surface area contributed by atoms with Crippen molar-refractivity contribution in [3.05, 3.63) is 70.4 Å². The van der Waals surface area contributed by atoms with E-state index in [0.717, 1.165) is 17.4 Å². The minimum absolute atomic E-state index is 0.000834. The molecule has 0 unspecified atom stereocenters. The molecule has 0 saturated heterocycles. The van der Waals surface area contributed by atoms with Gasteiger partial charge in [-0.05, 0) is 42.8 Å². The number of carbonyl (C=O) groups is 3. The van der Waals surface area contributed by atoms with Crippen LogP contribution in [0.4, 0.5) is 10.1 Å². The number of carboxylic acid groups (broad SMARTS) is 2. The second-order valence-corrected chi connectivity index (χ2v) is 7.27. The zero-order valence-electron chi connectivity index (χ0n) is 15.6. The van der Waals surface area contributed by atoms with E-state index in [0.29, 0.717) is 21.7 Å². The molecule has 0 spiro atoms. The molecule has 154 valence electrons. The summed E-state index contributed by atoms with van der Waals surface area (Å²) >= 11 is 0.945. The van der Waals surface area contributed by atoms with Crippen molar-refractivity contribution in [3.8, 4) is 16.2 Å². The summed E-state index contributed by atoms with van der Waals surface area (Å²) in [6.07, 6.45) is 0. The third kappa shape index (κ3) is 4.64. The third-order valence-electron chi connectivity index (χ3n) is 4.10. The van der Waals surface area contributed by atoms with Gasteiger partial charge in [-0.25, -0.2) is 14.0 Å². The van der Waals surface area contributed by atoms with Crippen LogP contribution in [0.3, 0.4) is 0 Å². The van der Waals surface area contributed by atoms with Gasteiger partial charge < -0.3 is 20.3 Å².